The van der Waals surface area contributed by atoms with Crippen molar-refractivity contribution in [1.82, 2.24) is 14.8 Å². The van der Waals surface area contributed by atoms with Crippen molar-refractivity contribution < 1.29 is 14.3 Å². The van der Waals surface area contributed by atoms with Crippen LogP contribution in [0.15, 0.2) is 65.6 Å². The largest absolute Gasteiger partial charge is 0.497 e. The molecule has 0 bridgehead atoms. The second-order valence-corrected chi connectivity index (χ2v) is 6.90. The minimum Gasteiger partial charge on any atom is -0.497 e. The van der Waals surface area contributed by atoms with Crippen molar-refractivity contribution in [2.75, 3.05) is 19.5 Å². The Morgan fingerprint density at radius 2 is 1.81 bits per heavy atom. The maximum atomic E-state index is 13.2. The van der Waals surface area contributed by atoms with Crippen LogP contribution in [0.2, 0.25) is 5.02 Å². The average Bonchev–Trinajstić information content (AvgIpc) is 2.80. The van der Waals surface area contributed by atoms with E-state index in [1.54, 1.807) is 54.6 Å². The number of benzene rings is 2. The number of hydrogen-bond donors (Lipinski definition) is 1. The van der Waals surface area contributed by atoms with Crippen molar-refractivity contribution in [1.29, 1.82) is 0 Å². The van der Waals surface area contributed by atoms with Crippen LogP contribution < -0.4 is 20.3 Å². The Morgan fingerprint density at radius 3 is 2.48 bits per heavy atom. The number of carbonyl (C=O) groups excluding carboxylic acids is 1. The SMILES string of the molecule is COc1ccc(-n2nc(C(=O)Nc3ccc(Cl)cn3)c3ccccc3c2=O)c(OC)c1. The predicted octanol–water partition coefficient (Wildman–Crippen LogP) is 3.70. The van der Waals surface area contributed by atoms with E-state index in [1.165, 1.54) is 20.4 Å². The molecule has 0 spiro atoms. The molecule has 0 aliphatic heterocycles. The molecule has 0 fully saturated rings. The summed E-state index contributed by atoms with van der Waals surface area (Å²) in [4.78, 5) is 30.3. The third-order valence-corrected chi connectivity index (χ3v) is 4.83. The lowest BCUT2D eigenvalue weighted by Crippen LogP contribution is -2.27. The third-order valence-electron chi connectivity index (χ3n) is 4.60. The van der Waals surface area contributed by atoms with Gasteiger partial charge in [0.15, 0.2) is 5.69 Å². The molecule has 0 radical (unpaired) electrons. The summed E-state index contributed by atoms with van der Waals surface area (Å²) in [6.07, 6.45) is 1.42. The van der Waals surface area contributed by atoms with Crippen molar-refractivity contribution in [2.45, 2.75) is 0 Å². The Bertz CT molecular complexity index is 1340. The lowest BCUT2D eigenvalue weighted by Gasteiger charge is -2.14. The second-order valence-electron chi connectivity index (χ2n) is 6.46. The van der Waals surface area contributed by atoms with Gasteiger partial charge in [-0.3, -0.25) is 9.59 Å². The first-order chi connectivity index (χ1) is 15.0. The predicted molar refractivity (Wildman–Crippen MR) is 118 cm³/mol. The molecule has 31 heavy (non-hydrogen) atoms. The Balaban J connectivity index is 1.89. The molecule has 0 aliphatic carbocycles. The van der Waals surface area contributed by atoms with E-state index in [0.717, 1.165) is 4.68 Å². The normalized spacial score (nSPS) is 10.7. The molecule has 8 nitrogen and oxygen atoms in total. The fourth-order valence-corrected chi connectivity index (χ4v) is 3.22. The highest BCUT2D eigenvalue weighted by Crippen LogP contribution is 2.27. The van der Waals surface area contributed by atoms with Crippen LogP contribution >= 0.6 is 11.6 Å². The van der Waals surface area contributed by atoms with Crippen molar-refractivity contribution in [3.63, 3.8) is 0 Å². The number of rotatable bonds is 5. The van der Waals surface area contributed by atoms with Crippen LogP contribution in [0.4, 0.5) is 5.82 Å². The molecular formula is C22H17ClN4O4. The molecule has 9 heteroatoms. The van der Waals surface area contributed by atoms with Gasteiger partial charge in [-0.15, -0.1) is 0 Å². The highest BCUT2D eigenvalue weighted by molar-refractivity contribution is 6.30. The summed E-state index contributed by atoms with van der Waals surface area (Å²) in [6.45, 7) is 0. The van der Waals surface area contributed by atoms with Gasteiger partial charge in [-0.05, 0) is 30.3 Å². The number of halogens is 1. The Hall–Kier alpha value is -3.91. The van der Waals surface area contributed by atoms with Crippen molar-refractivity contribution in [3.05, 3.63) is 81.9 Å². The Kier molecular flexibility index (Phi) is 5.55. The molecule has 0 saturated heterocycles. The van der Waals surface area contributed by atoms with E-state index in [1.807, 2.05) is 0 Å². The molecule has 2 aromatic heterocycles. The first kappa shape index (κ1) is 20.4. The molecule has 2 heterocycles. The minimum atomic E-state index is -0.521. The number of amides is 1. The van der Waals surface area contributed by atoms with Gasteiger partial charge in [0, 0.05) is 17.6 Å². The van der Waals surface area contributed by atoms with E-state index in [2.05, 4.69) is 15.4 Å². The van der Waals surface area contributed by atoms with E-state index in [9.17, 15) is 9.59 Å². The zero-order chi connectivity index (χ0) is 22.0. The molecule has 1 amide bonds. The van der Waals surface area contributed by atoms with Crippen LogP contribution in [0.25, 0.3) is 16.5 Å². The summed E-state index contributed by atoms with van der Waals surface area (Å²) in [7, 11) is 3.01. The van der Waals surface area contributed by atoms with Crippen LogP contribution in [-0.2, 0) is 0 Å². The fraction of sp³-hybridized carbons (Fsp3) is 0.0909. The first-order valence-electron chi connectivity index (χ1n) is 9.19. The molecule has 0 atom stereocenters. The summed E-state index contributed by atoms with van der Waals surface area (Å²) in [5, 5.41) is 8.25. The smallest absolute Gasteiger partial charge is 0.279 e. The highest BCUT2D eigenvalue weighted by Gasteiger charge is 2.20. The average molecular weight is 437 g/mol. The molecular weight excluding hydrogens is 420 g/mol. The lowest BCUT2D eigenvalue weighted by atomic mass is 10.1. The van der Waals surface area contributed by atoms with Crippen molar-refractivity contribution in [3.8, 4) is 17.2 Å². The molecule has 0 saturated carbocycles. The third kappa shape index (κ3) is 3.93. The van der Waals surface area contributed by atoms with E-state index in [4.69, 9.17) is 21.1 Å². The van der Waals surface area contributed by atoms with Gasteiger partial charge in [0.05, 0.1) is 24.6 Å². The van der Waals surface area contributed by atoms with Gasteiger partial charge in [0.1, 0.15) is 23.0 Å². The number of nitrogens with zero attached hydrogens (tertiary/aromatic N) is 3. The second kappa shape index (κ2) is 8.45. The number of aromatic nitrogens is 3. The Morgan fingerprint density at radius 1 is 1.03 bits per heavy atom. The summed E-state index contributed by atoms with van der Waals surface area (Å²) < 4.78 is 11.8. The van der Waals surface area contributed by atoms with E-state index in [-0.39, 0.29) is 11.3 Å². The van der Waals surface area contributed by atoms with Gasteiger partial charge >= 0.3 is 0 Å². The standard InChI is InChI=1S/C22H17ClN4O4/c1-30-14-8-9-17(18(11-14)31-2)27-22(29)16-6-4-3-5-15(16)20(26-27)21(28)25-19-10-7-13(23)12-24-19/h3-12H,1-2H3,(H,24,25,28). The lowest BCUT2D eigenvalue weighted by molar-refractivity contribution is 0.102. The first-order valence-corrected chi connectivity index (χ1v) is 9.57. The quantitative estimate of drug-likeness (QED) is 0.512. The number of nitrogens with one attached hydrogen (secondary N) is 1. The van der Waals surface area contributed by atoms with Gasteiger partial charge in [-0.1, -0.05) is 29.8 Å². The van der Waals surface area contributed by atoms with Gasteiger partial charge in [0.25, 0.3) is 11.5 Å². The van der Waals surface area contributed by atoms with E-state index in [0.29, 0.717) is 38.8 Å². The maximum absolute atomic E-state index is 13.2. The number of fused-ring (bicyclic) bond motifs is 1. The van der Waals surface area contributed by atoms with Crippen LogP contribution in [0.5, 0.6) is 11.5 Å². The summed E-state index contributed by atoms with van der Waals surface area (Å²) in [5.41, 5.74) is 0.0442. The van der Waals surface area contributed by atoms with Crippen LogP contribution in [-0.4, -0.2) is 34.9 Å². The van der Waals surface area contributed by atoms with Crippen LogP contribution in [0.1, 0.15) is 10.5 Å². The monoisotopic (exact) mass is 436 g/mol. The zero-order valence-corrected chi connectivity index (χ0v) is 17.4. The van der Waals surface area contributed by atoms with Gasteiger partial charge in [-0.25, -0.2) is 4.98 Å². The minimum absolute atomic E-state index is 0.0600. The van der Waals surface area contributed by atoms with E-state index < -0.39 is 5.91 Å². The molecule has 0 aliphatic rings. The maximum Gasteiger partial charge on any atom is 0.279 e. The zero-order valence-electron chi connectivity index (χ0n) is 16.6. The number of methoxy groups -OCH3 is 2. The van der Waals surface area contributed by atoms with Gasteiger partial charge < -0.3 is 14.8 Å². The molecule has 1 N–H and O–H groups in total. The van der Waals surface area contributed by atoms with Gasteiger partial charge in [0.2, 0.25) is 0 Å². The fourth-order valence-electron chi connectivity index (χ4n) is 3.11. The Labute approximate surface area is 182 Å². The summed E-state index contributed by atoms with van der Waals surface area (Å²) in [5.74, 6) is 0.712. The summed E-state index contributed by atoms with van der Waals surface area (Å²) >= 11 is 5.85. The number of carbonyl (C=O) groups is 1. The van der Waals surface area contributed by atoms with Gasteiger partial charge in [-0.2, -0.15) is 9.78 Å². The molecule has 4 aromatic rings. The number of hydrogen-bond acceptors (Lipinski definition) is 6. The number of anilines is 1. The molecule has 4 rings (SSSR count). The number of ether oxygens (including phenoxy) is 2. The highest BCUT2D eigenvalue weighted by atomic mass is 35.5. The molecule has 0 unspecified atom stereocenters. The molecule has 156 valence electrons. The van der Waals surface area contributed by atoms with Crippen molar-refractivity contribution in [2.24, 2.45) is 0 Å². The molecule has 2 aromatic carbocycles. The topological polar surface area (TPSA) is 95.3 Å². The van der Waals surface area contributed by atoms with Crippen LogP contribution in [0, 0.1) is 0 Å². The van der Waals surface area contributed by atoms with E-state index >= 15 is 0 Å². The van der Waals surface area contributed by atoms with Crippen molar-refractivity contribution >= 4 is 34.1 Å². The van der Waals surface area contributed by atoms with Crippen LogP contribution in [0.3, 0.4) is 0 Å². The number of pyridine rings is 1. The summed E-state index contributed by atoms with van der Waals surface area (Å²) in [6, 6.07) is 14.9.